The Morgan fingerprint density at radius 2 is 2.04 bits per heavy atom. The van der Waals surface area contributed by atoms with E-state index in [4.69, 9.17) is 4.74 Å². The highest BCUT2D eigenvalue weighted by molar-refractivity contribution is 6.13. The number of aromatic nitrogens is 3. The first-order chi connectivity index (χ1) is 12.1. The highest BCUT2D eigenvalue weighted by Crippen LogP contribution is 2.26. The third kappa shape index (κ3) is 4.10. The molecule has 25 heavy (non-hydrogen) atoms. The molecule has 6 nitrogen and oxygen atoms in total. The van der Waals surface area contributed by atoms with E-state index in [0.29, 0.717) is 35.6 Å². The zero-order valence-electron chi connectivity index (χ0n) is 14.3. The lowest BCUT2D eigenvalue weighted by Crippen LogP contribution is -2.11. The minimum absolute atomic E-state index is 0.104. The number of allylic oxidation sites excluding steroid dienone is 1. The highest BCUT2D eigenvalue weighted by Gasteiger charge is 2.16. The van der Waals surface area contributed by atoms with Gasteiger partial charge in [-0.2, -0.15) is 0 Å². The Morgan fingerprint density at radius 3 is 2.80 bits per heavy atom. The normalized spacial score (nSPS) is 11.5. The van der Waals surface area contributed by atoms with Gasteiger partial charge in [0.2, 0.25) is 5.88 Å². The molecule has 0 amide bonds. The number of nitrogens with one attached hydrogen (secondary N) is 1. The molecule has 128 valence electrons. The summed E-state index contributed by atoms with van der Waals surface area (Å²) in [4.78, 5) is 25.9. The number of H-pyrrole nitrogens is 1. The van der Waals surface area contributed by atoms with E-state index < -0.39 is 0 Å². The van der Waals surface area contributed by atoms with Crippen molar-refractivity contribution in [2.45, 2.75) is 6.61 Å². The average Bonchev–Trinajstić information content (AvgIpc) is 3.05. The van der Waals surface area contributed by atoms with Gasteiger partial charge in [-0.05, 0) is 25.7 Å². The van der Waals surface area contributed by atoms with Gasteiger partial charge in [0.25, 0.3) is 0 Å². The molecule has 0 unspecified atom stereocenters. The van der Waals surface area contributed by atoms with Crippen LogP contribution in [-0.4, -0.2) is 46.3 Å². The quantitative estimate of drug-likeness (QED) is 0.531. The topological polar surface area (TPSA) is 71.1 Å². The van der Waals surface area contributed by atoms with E-state index in [1.54, 1.807) is 12.3 Å². The lowest BCUT2D eigenvalue weighted by Gasteiger charge is -2.07. The van der Waals surface area contributed by atoms with Crippen molar-refractivity contribution in [3.63, 3.8) is 0 Å². The molecule has 0 fully saturated rings. The number of nitrogens with zero attached hydrogens (tertiary/aromatic N) is 3. The molecule has 0 aliphatic heterocycles. The molecule has 3 rings (SSSR count). The van der Waals surface area contributed by atoms with Crippen molar-refractivity contribution in [2.75, 3.05) is 20.6 Å². The second-order valence-corrected chi connectivity index (χ2v) is 5.91. The number of likely N-dealkylation sites (N-methyl/N-ethyl adjacent to an activating group) is 1. The fourth-order valence-electron chi connectivity index (χ4n) is 2.42. The van der Waals surface area contributed by atoms with Crippen LogP contribution in [0.5, 0.6) is 5.88 Å². The molecule has 0 aliphatic carbocycles. The van der Waals surface area contributed by atoms with Gasteiger partial charge in [0, 0.05) is 12.7 Å². The van der Waals surface area contributed by atoms with Crippen molar-refractivity contribution in [3.05, 3.63) is 66.1 Å². The number of hydrogen-bond donors (Lipinski definition) is 1. The van der Waals surface area contributed by atoms with Gasteiger partial charge in [-0.3, -0.25) is 4.79 Å². The SMILES string of the molecule is CN(C)CC=CC(=O)c1c[nH]c2ncnc(OCc3ccccc3)c12. The summed E-state index contributed by atoms with van der Waals surface area (Å²) in [7, 11) is 3.90. The third-order valence-electron chi connectivity index (χ3n) is 3.66. The second kappa shape index (κ2) is 7.72. The average molecular weight is 336 g/mol. The number of fused-ring (bicyclic) bond motifs is 1. The van der Waals surface area contributed by atoms with Gasteiger partial charge in [0.05, 0.1) is 10.9 Å². The van der Waals surface area contributed by atoms with Crippen molar-refractivity contribution in [3.8, 4) is 5.88 Å². The molecular weight excluding hydrogens is 316 g/mol. The van der Waals surface area contributed by atoms with Crippen LogP contribution in [0.3, 0.4) is 0 Å². The van der Waals surface area contributed by atoms with Crippen LogP contribution in [0.25, 0.3) is 11.0 Å². The van der Waals surface area contributed by atoms with Gasteiger partial charge in [0.1, 0.15) is 18.6 Å². The van der Waals surface area contributed by atoms with Gasteiger partial charge >= 0.3 is 0 Å². The van der Waals surface area contributed by atoms with Crippen molar-refractivity contribution in [1.82, 2.24) is 19.9 Å². The predicted octanol–water partition coefficient (Wildman–Crippen LogP) is 2.84. The smallest absolute Gasteiger partial charge is 0.227 e. The van der Waals surface area contributed by atoms with Crippen molar-refractivity contribution in [1.29, 1.82) is 0 Å². The minimum Gasteiger partial charge on any atom is -0.472 e. The standard InChI is InChI=1S/C19H20N4O2/c1-23(2)10-6-9-16(24)15-11-20-18-17(15)19(22-13-21-18)25-12-14-7-4-3-5-8-14/h3-9,11,13H,10,12H2,1-2H3,(H,20,21,22). The molecule has 0 atom stereocenters. The van der Waals surface area contributed by atoms with Crippen LogP contribution in [0.4, 0.5) is 0 Å². The van der Waals surface area contributed by atoms with Crippen molar-refractivity contribution < 1.29 is 9.53 Å². The van der Waals surface area contributed by atoms with Gasteiger partial charge < -0.3 is 14.6 Å². The van der Waals surface area contributed by atoms with Crippen LogP contribution in [0.2, 0.25) is 0 Å². The monoisotopic (exact) mass is 336 g/mol. The lowest BCUT2D eigenvalue weighted by atomic mass is 10.1. The fourth-order valence-corrected chi connectivity index (χ4v) is 2.42. The summed E-state index contributed by atoms with van der Waals surface area (Å²) in [5.74, 6) is 0.298. The first-order valence-corrected chi connectivity index (χ1v) is 7.99. The van der Waals surface area contributed by atoms with Crippen molar-refractivity contribution in [2.24, 2.45) is 0 Å². The van der Waals surface area contributed by atoms with Crippen LogP contribution < -0.4 is 4.74 Å². The molecule has 0 bridgehead atoms. The van der Waals surface area contributed by atoms with Crippen molar-refractivity contribution >= 4 is 16.8 Å². The Morgan fingerprint density at radius 1 is 1.24 bits per heavy atom. The zero-order chi connectivity index (χ0) is 17.6. The summed E-state index contributed by atoms with van der Waals surface area (Å²) in [6, 6.07) is 9.82. The summed E-state index contributed by atoms with van der Waals surface area (Å²) >= 11 is 0. The largest absolute Gasteiger partial charge is 0.472 e. The van der Waals surface area contributed by atoms with Crippen LogP contribution in [0.1, 0.15) is 15.9 Å². The van der Waals surface area contributed by atoms with E-state index in [1.807, 2.05) is 55.4 Å². The first-order valence-electron chi connectivity index (χ1n) is 7.99. The molecule has 1 N–H and O–H groups in total. The van der Waals surface area contributed by atoms with E-state index in [1.165, 1.54) is 6.33 Å². The summed E-state index contributed by atoms with van der Waals surface area (Å²) in [5, 5.41) is 0.609. The van der Waals surface area contributed by atoms with Gasteiger partial charge in [-0.1, -0.05) is 36.4 Å². The number of ketones is 1. The summed E-state index contributed by atoms with van der Waals surface area (Å²) in [5.41, 5.74) is 2.12. The number of carbonyl (C=O) groups is 1. The molecule has 2 heterocycles. The summed E-state index contributed by atoms with van der Waals surface area (Å²) < 4.78 is 5.84. The molecule has 0 radical (unpaired) electrons. The Balaban J connectivity index is 1.85. The molecular formula is C19H20N4O2. The van der Waals surface area contributed by atoms with Gasteiger partial charge in [0.15, 0.2) is 5.78 Å². The number of carbonyl (C=O) groups excluding carboxylic acids is 1. The Kier molecular flexibility index (Phi) is 5.20. The van der Waals surface area contributed by atoms with Crippen LogP contribution >= 0.6 is 0 Å². The number of benzene rings is 1. The molecule has 0 spiro atoms. The summed E-state index contributed by atoms with van der Waals surface area (Å²) in [6.07, 6.45) is 6.47. The molecule has 0 saturated heterocycles. The number of rotatable bonds is 7. The molecule has 6 heteroatoms. The second-order valence-electron chi connectivity index (χ2n) is 5.91. The summed E-state index contributed by atoms with van der Waals surface area (Å²) in [6.45, 7) is 1.07. The van der Waals surface area contributed by atoms with E-state index in [2.05, 4.69) is 15.0 Å². The van der Waals surface area contributed by atoms with Gasteiger partial charge in [-0.15, -0.1) is 0 Å². The van der Waals surface area contributed by atoms with E-state index >= 15 is 0 Å². The number of aromatic amines is 1. The van der Waals surface area contributed by atoms with E-state index in [0.717, 1.165) is 5.56 Å². The molecule has 0 aliphatic rings. The van der Waals surface area contributed by atoms with E-state index in [-0.39, 0.29) is 5.78 Å². The maximum absolute atomic E-state index is 12.5. The van der Waals surface area contributed by atoms with Crippen LogP contribution in [0.15, 0.2) is 55.0 Å². The molecule has 0 saturated carbocycles. The lowest BCUT2D eigenvalue weighted by molar-refractivity contribution is 0.104. The third-order valence-corrected chi connectivity index (χ3v) is 3.66. The minimum atomic E-state index is -0.104. The Labute approximate surface area is 146 Å². The highest BCUT2D eigenvalue weighted by atomic mass is 16.5. The first kappa shape index (κ1) is 16.9. The van der Waals surface area contributed by atoms with Gasteiger partial charge in [-0.25, -0.2) is 9.97 Å². The van der Waals surface area contributed by atoms with E-state index in [9.17, 15) is 4.79 Å². The maximum atomic E-state index is 12.5. The Hall–Kier alpha value is -2.99. The number of hydrogen-bond acceptors (Lipinski definition) is 5. The fraction of sp³-hybridized carbons (Fsp3) is 0.211. The van der Waals surface area contributed by atoms with Crippen LogP contribution in [-0.2, 0) is 6.61 Å². The zero-order valence-corrected chi connectivity index (χ0v) is 14.3. The number of ether oxygens (including phenoxy) is 1. The molecule has 3 aromatic rings. The maximum Gasteiger partial charge on any atom is 0.227 e. The predicted molar refractivity (Wildman–Crippen MR) is 96.7 cm³/mol. The molecule has 1 aromatic carbocycles. The van der Waals surface area contributed by atoms with Crippen LogP contribution in [0, 0.1) is 0 Å². The molecule has 2 aromatic heterocycles. The Bertz CT molecular complexity index is 885.